The monoisotopic (exact) mass is 400 g/mol. The fraction of sp³-hybridized carbons (Fsp3) is 0.150. The molecule has 4 rings (SSSR count). The van der Waals surface area contributed by atoms with Gasteiger partial charge in [-0.15, -0.1) is 0 Å². The van der Waals surface area contributed by atoms with Crippen LogP contribution in [0, 0.1) is 0 Å². The Morgan fingerprint density at radius 3 is 2.74 bits per heavy atom. The van der Waals surface area contributed by atoms with Crippen molar-refractivity contribution in [3.63, 3.8) is 0 Å². The first-order chi connectivity index (χ1) is 12.9. The summed E-state index contributed by atoms with van der Waals surface area (Å²) in [6.45, 7) is 1.64. The van der Waals surface area contributed by atoms with Crippen molar-refractivity contribution in [1.29, 1.82) is 0 Å². The van der Waals surface area contributed by atoms with E-state index in [4.69, 9.17) is 16.3 Å². The average Bonchev–Trinajstić information content (AvgIpc) is 3.06. The average molecular weight is 401 g/mol. The molecule has 2 aromatic carbocycles. The van der Waals surface area contributed by atoms with E-state index in [9.17, 15) is 8.42 Å². The van der Waals surface area contributed by atoms with Crippen LogP contribution in [-0.2, 0) is 9.84 Å². The molecule has 0 unspecified atom stereocenters. The normalized spacial score (nSPS) is 12.0. The molecule has 0 spiro atoms. The quantitative estimate of drug-likeness (QED) is 0.532. The first kappa shape index (κ1) is 17.8. The molecular weight excluding hydrogens is 384 g/mol. The Bertz CT molecular complexity index is 1280. The summed E-state index contributed by atoms with van der Waals surface area (Å²) >= 11 is 6.16. The molecule has 0 aliphatic rings. The molecule has 2 aromatic heterocycles. The molecule has 138 valence electrons. The molecule has 0 aliphatic heterocycles. The Kier molecular flexibility index (Phi) is 4.32. The number of pyridine rings is 1. The number of sulfone groups is 1. The number of ether oxygens (including phenoxy) is 1. The van der Waals surface area contributed by atoms with E-state index in [0.717, 1.165) is 27.4 Å². The first-order valence-corrected chi connectivity index (χ1v) is 10.4. The van der Waals surface area contributed by atoms with Crippen molar-refractivity contribution >= 4 is 43.4 Å². The second-order valence-corrected chi connectivity index (χ2v) is 8.89. The molecule has 4 aromatic rings. The lowest BCUT2D eigenvalue weighted by molar-refractivity contribution is 0.419. The van der Waals surface area contributed by atoms with Gasteiger partial charge in [0, 0.05) is 17.0 Å². The van der Waals surface area contributed by atoms with Gasteiger partial charge >= 0.3 is 0 Å². The third kappa shape index (κ3) is 2.95. The zero-order valence-corrected chi connectivity index (χ0v) is 16.4. The summed E-state index contributed by atoms with van der Waals surface area (Å²) in [5.74, 6) is 0.737. The minimum absolute atomic E-state index is 0.0566. The van der Waals surface area contributed by atoms with E-state index in [0.29, 0.717) is 21.3 Å². The number of aromatic nitrogens is 2. The SMILES string of the molecule is CCS(=O)(=O)c1cccc(-c2ccc(OC)c3[nH]c4ncc(Cl)cc4c23)c1. The van der Waals surface area contributed by atoms with E-state index in [2.05, 4.69) is 9.97 Å². The van der Waals surface area contributed by atoms with Gasteiger partial charge in [-0.1, -0.05) is 30.7 Å². The van der Waals surface area contributed by atoms with Crippen LogP contribution < -0.4 is 4.74 Å². The van der Waals surface area contributed by atoms with Crippen LogP contribution in [0.2, 0.25) is 5.02 Å². The van der Waals surface area contributed by atoms with E-state index >= 15 is 0 Å². The van der Waals surface area contributed by atoms with Gasteiger partial charge in [0.2, 0.25) is 0 Å². The molecule has 27 heavy (non-hydrogen) atoms. The van der Waals surface area contributed by atoms with Crippen LogP contribution in [0.25, 0.3) is 33.1 Å². The summed E-state index contributed by atoms with van der Waals surface area (Å²) < 4.78 is 30.1. The van der Waals surface area contributed by atoms with E-state index < -0.39 is 9.84 Å². The molecule has 0 bridgehead atoms. The molecule has 2 heterocycles. The van der Waals surface area contributed by atoms with Gasteiger partial charge in [0.15, 0.2) is 9.84 Å². The number of hydrogen-bond donors (Lipinski definition) is 1. The largest absolute Gasteiger partial charge is 0.495 e. The Morgan fingerprint density at radius 1 is 1.19 bits per heavy atom. The number of rotatable bonds is 4. The van der Waals surface area contributed by atoms with Crippen LogP contribution in [0.4, 0.5) is 0 Å². The maximum absolute atomic E-state index is 12.3. The minimum atomic E-state index is -3.30. The number of aromatic amines is 1. The van der Waals surface area contributed by atoms with Crippen molar-refractivity contribution in [3.8, 4) is 16.9 Å². The Hall–Kier alpha value is -2.57. The Morgan fingerprint density at radius 2 is 2.00 bits per heavy atom. The van der Waals surface area contributed by atoms with E-state index in [1.807, 2.05) is 24.3 Å². The van der Waals surface area contributed by atoms with Crippen LogP contribution in [0.3, 0.4) is 0 Å². The minimum Gasteiger partial charge on any atom is -0.495 e. The predicted molar refractivity (Wildman–Crippen MR) is 108 cm³/mol. The number of hydrogen-bond acceptors (Lipinski definition) is 4. The third-order valence-electron chi connectivity index (χ3n) is 4.64. The van der Waals surface area contributed by atoms with E-state index in [1.165, 1.54) is 0 Å². The summed E-state index contributed by atoms with van der Waals surface area (Å²) in [5, 5.41) is 2.28. The molecule has 0 radical (unpaired) electrons. The highest BCUT2D eigenvalue weighted by Gasteiger charge is 2.17. The number of nitrogens with one attached hydrogen (secondary N) is 1. The summed E-state index contributed by atoms with van der Waals surface area (Å²) in [6, 6.07) is 12.6. The maximum atomic E-state index is 12.3. The number of benzene rings is 2. The lowest BCUT2D eigenvalue weighted by Crippen LogP contribution is -2.03. The highest BCUT2D eigenvalue weighted by molar-refractivity contribution is 7.91. The van der Waals surface area contributed by atoms with Crippen molar-refractivity contribution in [1.82, 2.24) is 9.97 Å². The molecular formula is C20H17ClN2O3S. The third-order valence-corrected chi connectivity index (χ3v) is 6.58. The first-order valence-electron chi connectivity index (χ1n) is 8.41. The van der Waals surface area contributed by atoms with Crippen molar-refractivity contribution in [2.45, 2.75) is 11.8 Å². The van der Waals surface area contributed by atoms with Gasteiger partial charge < -0.3 is 9.72 Å². The smallest absolute Gasteiger partial charge is 0.178 e. The van der Waals surface area contributed by atoms with Gasteiger partial charge in [-0.05, 0) is 41.5 Å². The zero-order valence-electron chi connectivity index (χ0n) is 14.8. The van der Waals surface area contributed by atoms with Gasteiger partial charge in [-0.2, -0.15) is 0 Å². The van der Waals surface area contributed by atoms with Crippen molar-refractivity contribution in [3.05, 3.63) is 53.7 Å². The second-order valence-electron chi connectivity index (χ2n) is 6.17. The molecule has 0 aliphatic carbocycles. The summed E-state index contributed by atoms with van der Waals surface area (Å²) in [4.78, 5) is 7.95. The van der Waals surface area contributed by atoms with Crippen LogP contribution in [0.1, 0.15) is 6.92 Å². The second kappa shape index (κ2) is 6.55. The summed E-state index contributed by atoms with van der Waals surface area (Å²) in [6.07, 6.45) is 1.58. The van der Waals surface area contributed by atoms with E-state index in [-0.39, 0.29) is 5.75 Å². The van der Waals surface area contributed by atoms with Gasteiger partial charge in [0.05, 0.1) is 28.3 Å². The van der Waals surface area contributed by atoms with Crippen LogP contribution in [0.15, 0.2) is 53.6 Å². The predicted octanol–water partition coefficient (Wildman–Crippen LogP) is 4.84. The number of methoxy groups -OCH3 is 1. The molecule has 0 atom stereocenters. The lowest BCUT2D eigenvalue weighted by atomic mass is 9.99. The molecule has 0 fully saturated rings. The van der Waals surface area contributed by atoms with Gasteiger partial charge in [-0.3, -0.25) is 0 Å². The number of halogens is 1. The summed E-state index contributed by atoms with van der Waals surface area (Å²) in [7, 11) is -1.69. The van der Waals surface area contributed by atoms with Crippen LogP contribution >= 0.6 is 11.6 Å². The summed E-state index contributed by atoms with van der Waals surface area (Å²) in [5.41, 5.74) is 3.17. The lowest BCUT2D eigenvalue weighted by Gasteiger charge is -2.10. The number of nitrogens with zero attached hydrogens (tertiary/aromatic N) is 1. The number of H-pyrrole nitrogens is 1. The van der Waals surface area contributed by atoms with Crippen molar-refractivity contribution < 1.29 is 13.2 Å². The van der Waals surface area contributed by atoms with Gasteiger partial charge in [0.1, 0.15) is 11.4 Å². The fourth-order valence-electron chi connectivity index (χ4n) is 3.27. The standard InChI is InChI=1S/C20H17ClN2O3S/c1-3-27(24,25)14-6-4-5-12(9-14)15-7-8-17(26-2)19-18(15)16-10-13(21)11-22-20(16)23-19/h4-11H,3H2,1-2H3,(H,22,23). The Labute approximate surface area is 161 Å². The van der Waals surface area contributed by atoms with Gasteiger partial charge in [-0.25, -0.2) is 13.4 Å². The molecule has 0 saturated carbocycles. The van der Waals surface area contributed by atoms with Crippen molar-refractivity contribution in [2.75, 3.05) is 12.9 Å². The van der Waals surface area contributed by atoms with E-state index in [1.54, 1.807) is 38.4 Å². The highest BCUT2D eigenvalue weighted by Crippen LogP contribution is 2.39. The fourth-order valence-corrected chi connectivity index (χ4v) is 4.35. The van der Waals surface area contributed by atoms with Crippen molar-refractivity contribution in [2.24, 2.45) is 0 Å². The Balaban J connectivity index is 2.07. The maximum Gasteiger partial charge on any atom is 0.178 e. The van der Waals surface area contributed by atoms with Crippen LogP contribution in [0.5, 0.6) is 5.75 Å². The number of fused-ring (bicyclic) bond motifs is 3. The molecule has 1 N–H and O–H groups in total. The molecule has 0 saturated heterocycles. The topological polar surface area (TPSA) is 72.1 Å². The highest BCUT2D eigenvalue weighted by atomic mass is 35.5. The molecule has 0 amide bonds. The van der Waals surface area contributed by atoms with Crippen LogP contribution in [-0.4, -0.2) is 31.2 Å². The molecule has 5 nitrogen and oxygen atoms in total. The molecule has 7 heteroatoms. The zero-order chi connectivity index (χ0) is 19.2. The van der Waals surface area contributed by atoms with Gasteiger partial charge in [0.25, 0.3) is 0 Å².